The second-order valence-electron chi connectivity index (χ2n) is 5.78. The fourth-order valence-electron chi connectivity index (χ4n) is 2.55. The molecule has 0 fully saturated rings. The van der Waals surface area contributed by atoms with Crippen LogP contribution in [0.1, 0.15) is 15.9 Å². The summed E-state index contributed by atoms with van der Waals surface area (Å²) in [6.45, 7) is 0.748. The van der Waals surface area contributed by atoms with Crippen LogP contribution in [0.15, 0.2) is 72.9 Å². The minimum absolute atomic E-state index is 0.188. The average molecular weight is 347 g/mol. The van der Waals surface area contributed by atoms with Crippen molar-refractivity contribution in [2.24, 2.45) is 0 Å². The van der Waals surface area contributed by atoms with Gasteiger partial charge in [0.05, 0.1) is 7.11 Å². The molecule has 1 aromatic heterocycles. The Hall–Kier alpha value is -3.34. The number of amides is 1. The fourth-order valence-corrected chi connectivity index (χ4v) is 2.55. The van der Waals surface area contributed by atoms with E-state index >= 15 is 0 Å². The Morgan fingerprint density at radius 2 is 1.88 bits per heavy atom. The van der Waals surface area contributed by atoms with Gasteiger partial charge in [0.2, 0.25) is 0 Å². The van der Waals surface area contributed by atoms with Crippen molar-refractivity contribution in [3.05, 3.63) is 84.1 Å². The molecule has 26 heavy (non-hydrogen) atoms. The van der Waals surface area contributed by atoms with Crippen molar-refractivity contribution in [3.8, 4) is 5.75 Å². The van der Waals surface area contributed by atoms with E-state index in [1.54, 1.807) is 31.5 Å². The summed E-state index contributed by atoms with van der Waals surface area (Å²) < 4.78 is 5.17. The van der Waals surface area contributed by atoms with Gasteiger partial charge in [0, 0.05) is 30.1 Å². The average Bonchev–Trinajstić information content (AvgIpc) is 2.69. The number of rotatable bonds is 7. The van der Waals surface area contributed by atoms with Gasteiger partial charge in [-0.05, 0) is 36.2 Å². The van der Waals surface area contributed by atoms with Crippen LogP contribution in [0.2, 0.25) is 0 Å². The molecule has 0 spiro atoms. The molecule has 2 N–H and O–H groups in total. The third-order valence-corrected chi connectivity index (χ3v) is 3.91. The summed E-state index contributed by atoms with van der Waals surface area (Å²) in [4.78, 5) is 16.7. The molecule has 1 amide bonds. The zero-order valence-corrected chi connectivity index (χ0v) is 14.6. The van der Waals surface area contributed by atoms with Gasteiger partial charge in [-0.25, -0.2) is 4.98 Å². The number of nitrogens with one attached hydrogen (secondary N) is 2. The second-order valence-corrected chi connectivity index (χ2v) is 5.78. The molecule has 0 radical (unpaired) electrons. The van der Waals surface area contributed by atoms with Crippen molar-refractivity contribution in [2.45, 2.75) is 6.42 Å². The van der Waals surface area contributed by atoms with E-state index in [1.807, 2.05) is 36.4 Å². The van der Waals surface area contributed by atoms with E-state index in [1.165, 1.54) is 5.56 Å². The highest BCUT2D eigenvalue weighted by atomic mass is 16.5. The van der Waals surface area contributed by atoms with Crippen LogP contribution in [-0.2, 0) is 6.42 Å². The number of benzene rings is 2. The Morgan fingerprint density at radius 3 is 2.69 bits per heavy atom. The highest BCUT2D eigenvalue weighted by Gasteiger charge is 2.08. The van der Waals surface area contributed by atoms with E-state index < -0.39 is 0 Å². The van der Waals surface area contributed by atoms with Crippen molar-refractivity contribution in [2.75, 3.05) is 24.3 Å². The summed E-state index contributed by atoms with van der Waals surface area (Å²) in [6.07, 6.45) is 2.52. The van der Waals surface area contributed by atoms with Crippen LogP contribution < -0.4 is 15.4 Å². The lowest BCUT2D eigenvalue weighted by atomic mass is 10.1. The minimum Gasteiger partial charge on any atom is -0.497 e. The normalized spacial score (nSPS) is 10.2. The first-order valence-electron chi connectivity index (χ1n) is 8.44. The van der Waals surface area contributed by atoms with E-state index in [9.17, 15) is 4.79 Å². The number of anilines is 2. The quantitative estimate of drug-likeness (QED) is 0.678. The van der Waals surface area contributed by atoms with Crippen LogP contribution in [0.25, 0.3) is 0 Å². The standard InChI is InChI=1S/C21H21N3O2/c1-26-19-9-5-8-18(15-19)24-21(25)17-11-13-23-20(14-17)22-12-10-16-6-3-2-4-7-16/h2-9,11,13-15H,10,12H2,1H3,(H,22,23)(H,24,25). The highest BCUT2D eigenvalue weighted by molar-refractivity contribution is 6.04. The largest absolute Gasteiger partial charge is 0.497 e. The van der Waals surface area contributed by atoms with Crippen molar-refractivity contribution < 1.29 is 9.53 Å². The summed E-state index contributed by atoms with van der Waals surface area (Å²) in [5, 5.41) is 6.13. The van der Waals surface area contributed by atoms with Crippen molar-refractivity contribution in [3.63, 3.8) is 0 Å². The third-order valence-electron chi connectivity index (χ3n) is 3.91. The van der Waals surface area contributed by atoms with Crippen LogP contribution in [0.4, 0.5) is 11.5 Å². The number of nitrogens with zero attached hydrogens (tertiary/aromatic N) is 1. The molecule has 0 atom stereocenters. The maximum Gasteiger partial charge on any atom is 0.255 e. The lowest BCUT2D eigenvalue weighted by molar-refractivity contribution is 0.102. The lowest BCUT2D eigenvalue weighted by Gasteiger charge is -2.09. The summed E-state index contributed by atoms with van der Waals surface area (Å²) in [5.41, 5.74) is 2.49. The summed E-state index contributed by atoms with van der Waals surface area (Å²) in [7, 11) is 1.59. The number of methoxy groups -OCH3 is 1. The number of aromatic nitrogens is 1. The lowest BCUT2D eigenvalue weighted by Crippen LogP contribution is -2.13. The first-order valence-corrected chi connectivity index (χ1v) is 8.44. The maximum atomic E-state index is 12.5. The van der Waals surface area contributed by atoms with Gasteiger partial charge in [-0.3, -0.25) is 4.79 Å². The monoisotopic (exact) mass is 347 g/mol. The summed E-state index contributed by atoms with van der Waals surface area (Å²) >= 11 is 0. The number of carbonyl (C=O) groups excluding carboxylic acids is 1. The van der Waals surface area contributed by atoms with E-state index in [4.69, 9.17) is 4.74 Å². The van der Waals surface area contributed by atoms with E-state index in [2.05, 4.69) is 27.8 Å². The van der Waals surface area contributed by atoms with Gasteiger partial charge in [0.25, 0.3) is 5.91 Å². The van der Waals surface area contributed by atoms with Gasteiger partial charge in [-0.1, -0.05) is 36.4 Å². The second kappa shape index (κ2) is 8.67. The number of hydrogen-bond acceptors (Lipinski definition) is 4. The Morgan fingerprint density at radius 1 is 1.04 bits per heavy atom. The van der Waals surface area contributed by atoms with Gasteiger partial charge < -0.3 is 15.4 Å². The van der Waals surface area contributed by atoms with E-state index in [-0.39, 0.29) is 5.91 Å². The van der Waals surface area contributed by atoms with Crippen molar-refractivity contribution in [1.82, 2.24) is 4.98 Å². The van der Waals surface area contributed by atoms with Crippen LogP contribution in [-0.4, -0.2) is 24.5 Å². The molecule has 3 rings (SSSR count). The highest BCUT2D eigenvalue weighted by Crippen LogP contribution is 2.18. The molecule has 0 aliphatic carbocycles. The zero-order valence-electron chi connectivity index (χ0n) is 14.6. The molecule has 5 nitrogen and oxygen atoms in total. The van der Waals surface area contributed by atoms with Gasteiger partial charge in [0.15, 0.2) is 0 Å². The molecular formula is C21H21N3O2. The molecule has 0 aliphatic rings. The Kier molecular flexibility index (Phi) is 5.83. The van der Waals surface area contributed by atoms with Crippen molar-refractivity contribution >= 4 is 17.4 Å². The van der Waals surface area contributed by atoms with Crippen LogP contribution in [0.5, 0.6) is 5.75 Å². The third kappa shape index (κ3) is 4.83. The molecule has 1 heterocycles. The number of hydrogen-bond donors (Lipinski definition) is 2. The van der Waals surface area contributed by atoms with Crippen molar-refractivity contribution in [1.29, 1.82) is 0 Å². The van der Waals surface area contributed by atoms with Crippen LogP contribution >= 0.6 is 0 Å². The van der Waals surface area contributed by atoms with Crippen LogP contribution in [0, 0.1) is 0 Å². The molecule has 132 valence electrons. The number of ether oxygens (including phenoxy) is 1. The zero-order chi connectivity index (χ0) is 18.2. The molecule has 0 aliphatic heterocycles. The number of pyridine rings is 1. The van der Waals surface area contributed by atoms with Gasteiger partial charge in [-0.2, -0.15) is 0 Å². The van der Waals surface area contributed by atoms with Gasteiger partial charge in [0.1, 0.15) is 11.6 Å². The van der Waals surface area contributed by atoms with E-state index in [0.717, 1.165) is 13.0 Å². The Labute approximate surface area is 153 Å². The summed E-state index contributed by atoms with van der Waals surface area (Å²) in [5.74, 6) is 1.19. The smallest absolute Gasteiger partial charge is 0.255 e. The molecule has 0 unspecified atom stereocenters. The summed E-state index contributed by atoms with van der Waals surface area (Å²) in [6, 6.07) is 20.9. The predicted octanol–water partition coefficient (Wildman–Crippen LogP) is 4.00. The minimum atomic E-state index is -0.188. The maximum absolute atomic E-state index is 12.5. The molecule has 0 bridgehead atoms. The van der Waals surface area contributed by atoms with E-state index in [0.29, 0.717) is 22.8 Å². The Balaban J connectivity index is 1.60. The SMILES string of the molecule is COc1cccc(NC(=O)c2ccnc(NCCc3ccccc3)c2)c1. The Bertz CT molecular complexity index is 866. The fraction of sp³-hybridized carbons (Fsp3) is 0.143. The predicted molar refractivity (Wildman–Crippen MR) is 104 cm³/mol. The molecule has 3 aromatic rings. The first-order chi connectivity index (χ1) is 12.7. The molecule has 0 saturated carbocycles. The number of carbonyl (C=O) groups is 1. The molecule has 0 saturated heterocycles. The topological polar surface area (TPSA) is 63.2 Å². The molecule has 5 heteroatoms. The van der Waals surface area contributed by atoms with Crippen LogP contribution in [0.3, 0.4) is 0 Å². The molecule has 2 aromatic carbocycles. The van der Waals surface area contributed by atoms with Gasteiger partial charge in [-0.15, -0.1) is 0 Å². The first kappa shape index (κ1) is 17.5. The molecular weight excluding hydrogens is 326 g/mol. The van der Waals surface area contributed by atoms with Gasteiger partial charge >= 0.3 is 0 Å².